The van der Waals surface area contributed by atoms with Crippen molar-refractivity contribution < 1.29 is 0 Å². The second kappa shape index (κ2) is 6.29. The van der Waals surface area contributed by atoms with E-state index in [1.165, 1.54) is 18.4 Å². The van der Waals surface area contributed by atoms with Crippen molar-refractivity contribution in [2.45, 2.75) is 51.0 Å². The molecule has 0 atom stereocenters. The highest BCUT2D eigenvalue weighted by Gasteiger charge is 2.30. The van der Waals surface area contributed by atoms with E-state index in [1.807, 2.05) is 0 Å². The highest BCUT2D eigenvalue weighted by atomic mass is 15.3. The third-order valence-corrected chi connectivity index (χ3v) is 4.74. The minimum Gasteiger partial charge on any atom is -0.370 e. The maximum atomic E-state index is 6.13. The van der Waals surface area contributed by atoms with Crippen molar-refractivity contribution in [3.8, 4) is 0 Å². The number of hydrogen-bond donors (Lipinski definition) is 1. The molecule has 0 heterocycles. The maximum Gasteiger partial charge on any atom is 0.191 e. The molecule has 1 saturated carbocycles. The molecule has 1 aliphatic rings. The normalized spacial score (nSPS) is 16.2. The van der Waals surface area contributed by atoms with E-state index < -0.39 is 0 Å². The third-order valence-electron chi connectivity index (χ3n) is 4.74. The van der Waals surface area contributed by atoms with Gasteiger partial charge in [-0.15, -0.1) is 0 Å². The molecule has 0 aliphatic heterocycles. The van der Waals surface area contributed by atoms with Crippen LogP contribution in [0.4, 0.5) is 0 Å². The van der Waals surface area contributed by atoms with Crippen molar-refractivity contribution in [1.82, 2.24) is 4.90 Å². The summed E-state index contributed by atoms with van der Waals surface area (Å²) < 4.78 is 0. The summed E-state index contributed by atoms with van der Waals surface area (Å²) in [7, 11) is 2.05. The van der Waals surface area contributed by atoms with E-state index in [4.69, 9.17) is 10.7 Å². The molecule has 1 aromatic rings. The molecule has 1 aliphatic carbocycles. The van der Waals surface area contributed by atoms with Crippen LogP contribution in [-0.2, 0) is 5.41 Å². The summed E-state index contributed by atoms with van der Waals surface area (Å²) >= 11 is 0. The number of nitrogens with zero attached hydrogens (tertiary/aromatic N) is 2. The fraction of sp³-hybridized carbons (Fsp3) is 0.588. The Balaban J connectivity index is 2.15. The molecule has 2 rings (SSSR count). The molecule has 0 unspecified atom stereocenters. The molecule has 0 saturated heterocycles. The van der Waals surface area contributed by atoms with E-state index in [2.05, 4.69) is 56.1 Å². The number of rotatable bonds is 6. The summed E-state index contributed by atoms with van der Waals surface area (Å²) in [6.07, 6.45) is 4.66. The molecule has 1 aromatic carbocycles. The lowest BCUT2D eigenvalue weighted by Gasteiger charge is -2.31. The molecule has 0 radical (unpaired) electrons. The molecule has 20 heavy (non-hydrogen) atoms. The van der Waals surface area contributed by atoms with Gasteiger partial charge in [0.05, 0.1) is 6.54 Å². The molecule has 110 valence electrons. The predicted octanol–water partition coefficient (Wildman–Crippen LogP) is 3.15. The number of benzene rings is 1. The molecule has 0 bridgehead atoms. The summed E-state index contributed by atoms with van der Waals surface area (Å²) in [5, 5.41) is 0. The Hall–Kier alpha value is -1.51. The van der Waals surface area contributed by atoms with E-state index in [-0.39, 0.29) is 5.41 Å². The van der Waals surface area contributed by atoms with Crippen LogP contribution in [0.15, 0.2) is 35.3 Å². The number of nitrogens with two attached hydrogens (primary N) is 1. The van der Waals surface area contributed by atoms with Gasteiger partial charge < -0.3 is 10.6 Å². The maximum absolute atomic E-state index is 6.13. The zero-order valence-electron chi connectivity index (χ0n) is 13.0. The first-order valence-corrected chi connectivity index (χ1v) is 7.71. The molecular weight excluding hydrogens is 246 g/mol. The Labute approximate surface area is 122 Å². The lowest BCUT2D eigenvalue weighted by molar-refractivity contribution is 0.402. The number of aliphatic imine (C=N–C) groups is 1. The number of guanidine groups is 1. The van der Waals surface area contributed by atoms with E-state index in [0.29, 0.717) is 12.0 Å². The van der Waals surface area contributed by atoms with Gasteiger partial charge in [-0.25, -0.2) is 0 Å². The Bertz CT molecular complexity index is 445. The van der Waals surface area contributed by atoms with Crippen molar-refractivity contribution >= 4 is 5.96 Å². The van der Waals surface area contributed by atoms with Gasteiger partial charge in [-0.05, 0) is 31.2 Å². The first-order valence-electron chi connectivity index (χ1n) is 7.71. The van der Waals surface area contributed by atoms with Crippen LogP contribution >= 0.6 is 0 Å². The number of hydrogen-bond acceptors (Lipinski definition) is 1. The van der Waals surface area contributed by atoms with Gasteiger partial charge in [-0.2, -0.15) is 0 Å². The summed E-state index contributed by atoms with van der Waals surface area (Å²) in [6.45, 7) is 5.26. The van der Waals surface area contributed by atoms with Crippen LogP contribution < -0.4 is 5.73 Å². The topological polar surface area (TPSA) is 41.6 Å². The van der Waals surface area contributed by atoms with Crippen LogP contribution in [0.3, 0.4) is 0 Å². The molecule has 0 spiro atoms. The van der Waals surface area contributed by atoms with Crippen molar-refractivity contribution in [3.05, 3.63) is 35.9 Å². The van der Waals surface area contributed by atoms with Gasteiger partial charge in [0.25, 0.3) is 0 Å². The molecule has 3 heteroatoms. The average molecular weight is 273 g/mol. The Kier molecular flexibility index (Phi) is 4.69. The molecule has 3 nitrogen and oxygen atoms in total. The van der Waals surface area contributed by atoms with Gasteiger partial charge in [0.15, 0.2) is 5.96 Å². The van der Waals surface area contributed by atoms with Crippen LogP contribution in [0.2, 0.25) is 0 Å². The Morgan fingerprint density at radius 1 is 1.25 bits per heavy atom. The molecule has 2 N–H and O–H groups in total. The minimum atomic E-state index is 0.107. The fourth-order valence-electron chi connectivity index (χ4n) is 2.76. The fourth-order valence-corrected chi connectivity index (χ4v) is 2.76. The van der Waals surface area contributed by atoms with Crippen molar-refractivity contribution in [1.29, 1.82) is 0 Å². The van der Waals surface area contributed by atoms with Crippen LogP contribution in [-0.4, -0.2) is 30.5 Å². The minimum absolute atomic E-state index is 0.107. The zero-order valence-corrected chi connectivity index (χ0v) is 13.0. The Morgan fingerprint density at radius 3 is 2.35 bits per heavy atom. The van der Waals surface area contributed by atoms with Crippen LogP contribution in [0, 0.1) is 0 Å². The Morgan fingerprint density at radius 2 is 1.85 bits per heavy atom. The van der Waals surface area contributed by atoms with Gasteiger partial charge in [0, 0.05) is 18.5 Å². The summed E-state index contributed by atoms with van der Waals surface area (Å²) in [5.74, 6) is 0.690. The quantitative estimate of drug-likeness (QED) is 0.639. The molecule has 0 aromatic heterocycles. The van der Waals surface area contributed by atoms with E-state index in [9.17, 15) is 0 Å². The van der Waals surface area contributed by atoms with Crippen molar-refractivity contribution in [2.24, 2.45) is 10.7 Å². The summed E-state index contributed by atoms with van der Waals surface area (Å²) in [5.41, 5.74) is 7.61. The van der Waals surface area contributed by atoms with Gasteiger partial charge in [-0.3, -0.25) is 4.99 Å². The highest BCUT2D eigenvalue weighted by molar-refractivity contribution is 5.78. The second-order valence-corrected chi connectivity index (χ2v) is 5.87. The lowest BCUT2D eigenvalue weighted by atomic mass is 9.76. The zero-order chi connectivity index (χ0) is 14.6. The van der Waals surface area contributed by atoms with E-state index in [1.54, 1.807) is 0 Å². The van der Waals surface area contributed by atoms with Gasteiger partial charge in [-0.1, -0.05) is 44.2 Å². The van der Waals surface area contributed by atoms with Crippen LogP contribution in [0.1, 0.15) is 45.1 Å². The van der Waals surface area contributed by atoms with Gasteiger partial charge in [0.2, 0.25) is 0 Å². The summed E-state index contributed by atoms with van der Waals surface area (Å²) in [6, 6.07) is 11.3. The van der Waals surface area contributed by atoms with E-state index >= 15 is 0 Å². The third kappa shape index (κ3) is 3.14. The first kappa shape index (κ1) is 14.9. The smallest absolute Gasteiger partial charge is 0.191 e. The second-order valence-electron chi connectivity index (χ2n) is 5.87. The molecular formula is C17H27N3. The predicted molar refractivity (Wildman–Crippen MR) is 86.0 cm³/mol. The monoisotopic (exact) mass is 273 g/mol. The standard InChI is InChI=1S/C17H27N3/c1-4-17(5-2,14-9-7-6-8-10-14)13-19-16(18)20(3)15-11-12-15/h6-10,15H,4-5,11-13H2,1-3H3,(H2,18,19). The van der Waals surface area contributed by atoms with Crippen molar-refractivity contribution in [2.75, 3.05) is 13.6 Å². The molecule has 0 amide bonds. The van der Waals surface area contributed by atoms with Gasteiger partial charge in [0.1, 0.15) is 0 Å². The summed E-state index contributed by atoms with van der Waals surface area (Å²) in [4.78, 5) is 6.82. The average Bonchev–Trinajstić information content (AvgIpc) is 3.33. The van der Waals surface area contributed by atoms with Gasteiger partial charge >= 0.3 is 0 Å². The SMILES string of the molecule is CCC(CC)(CN=C(N)N(C)C1CC1)c1ccccc1. The highest BCUT2D eigenvalue weighted by Crippen LogP contribution is 2.32. The van der Waals surface area contributed by atoms with E-state index in [0.717, 1.165) is 19.4 Å². The lowest BCUT2D eigenvalue weighted by Crippen LogP contribution is -2.37. The van der Waals surface area contributed by atoms with Crippen molar-refractivity contribution in [3.63, 3.8) is 0 Å². The molecule has 1 fully saturated rings. The largest absolute Gasteiger partial charge is 0.370 e. The first-order chi connectivity index (χ1) is 9.63. The van der Waals surface area contributed by atoms with Crippen LogP contribution in [0.5, 0.6) is 0 Å². The van der Waals surface area contributed by atoms with Crippen LogP contribution in [0.25, 0.3) is 0 Å².